The molecule has 2 aromatic rings. The van der Waals surface area contributed by atoms with E-state index in [2.05, 4.69) is 41.4 Å². The highest BCUT2D eigenvalue weighted by atomic mass is 32.1. The second-order valence-electron chi connectivity index (χ2n) is 3.66. The number of nitrogens with zero attached hydrogens (tertiary/aromatic N) is 2. The number of rotatable bonds is 5. The fourth-order valence-corrected chi connectivity index (χ4v) is 3.50. The zero-order chi connectivity index (χ0) is 12.3. The first-order valence-corrected chi connectivity index (χ1v) is 7.66. The van der Waals surface area contributed by atoms with Crippen LogP contribution in [0.5, 0.6) is 0 Å². The van der Waals surface area contributed by atoms with E-state index in [0.29, 0.717) is 0 Å². The summed E-state index contributed by atoms with van der Waals surface area (Å²) in [6.07, 6.45) is 1.97. The number of hydrogen-bond acceptors (Lipinski definition) is 5. The molecule has 0 bridgehead atoms. The third kappa shape index (κ3) is 2.66. The van der Waals surface area contributed by atoms with Crippen molar-refractivity contribution in [3.8, 4) is 10.6 Å². The van der Waals surface area contributed by atoms with Crippen LogP contribution in [0.25, 0.3) is 10.6 Å². The Morgan fingerprint density at radius 3 is 2.65 bits per heavy atom. The summed E-state index contributed by atoms with van der Waals surface area (Å²) in [5.74, 6) is 0. The summed E-state index contributed by atoms with van der Waals surface area (Å²) in [5.41, 5.74) is 2.25. The normalized spacial score (nSPS) is 10.8. The van der Waals surface area contributed by atoms with Crippen molar-refractivity contribution in [3.05, 3.63) is 16.1 Å². The molecule has 0 unspecified atom stereocenters. The molecule has 0 saturated carbocycles. The van der Waals surface area contributed by atoms with Crippen molar-refractivity contribution < 1.29 is 0 Å². The van der Waals surface area contributed by atoms with Crippen LogP contribution in [0.1, 0.15) is 31.5 Å². The largest absolute Gasteiger partial charge is 0.362 e. The highest BCUT2D eigenvalue weighted by Crippen LogP contribution is 2.33. The van der Waals surface area contributed by atoms with E-state index in [4.69, 9.17) is 0 Å². The molecule has 0 radical (unpaired) electrons. The number of thiazole rings is 2. The van der Waals surface area contributed by atoms with Crippen molar-refractivity contribution in [2.24, 2.45) is 0 Å². The fraction of sp³-hybridized carbons (Fsp3) is 0.500. The number of aryl methyl sites for hydroxylation is 2. The zero-order valence-corrected chi connectivity index (χ0v) is 12.0. The summed E-state index contributed by atoms with van der Waals surface area (Å²) in [6.45, 7) is 7.29. The van der Waals surface area contributed by atoms with E-state index in [-0.39, 0.29) is 0 Å². The average molecular weight is 267 g/mol. The summed E-state index contributed by atoms with van der Waals surface area (Å²) in [7, 11) is 0. The van der Waals surface area contributed by atoms with Gasteiger partial charge in [0.2, 0.25) is 0 Å². The lowest BCUT2D eigenvalue weighted by atomic mass is 10.2. The molecular formula is C12H17N3S2. The maximum absolute atomic E-state index is 4.64. The minimum atomic E-state index is 0.913. The Balaban J connectivity index is 2.33. The second-order valence-corrected chi connectivity index (χ2v) is 5.60. The third-order valence-corrected chi connectivity index (χ3v) is 4.51. The van der Waals surface area contributed by atoms with Gasteiger partial charge < -0.3 is 5.32 Å². The molecule has 0 saturated heterocycles. The Labute approximate surface area is 110 Å². The van der Waals surface area contributed by atoms with Crippen molar-refractivity contribution in [3.63, 3.8) is 0 Å². The minimum absolute atomic E-state index is 0.913. The predicted octanol–water partition coefficient (Wildman–Crippen LogP) is 3.82. The minimum Gasteiger partial charge on any atom is -0.362 e. The van der Waals surface area contributed by atoms with Gasteiger partial charge in [0.25, 0.3) is 0 Å². The van der Waals surface area contributed by atoms with Crippen molar-refractivity contribution in [2.75, 3.05) is 11.9 Å². The van der Waals surface area contributed by atoms with E-state index in [0.717, 1.165) is 30.2 Å². The quantitative estimate of drug-likeness (QED) is 0.895. The number of anilines is 1. The summed E-state index contributed by atoms with van der Waals surface area (Å²) < 4.78 is 0. The van der Waals surface area contributed by atoms with Crippen molar-refractivity contribution >= 4 is 27.8 Å². The Bertz CT molecular complexity index is 488. The predicted molar refractivity (Wildman–Crippen MR) is 76.1 cm³/mol. The number of nitrogens with one attached hydrogen (secondary N) is 1. The molecule has 3 nitrogen and oxygen atoms in total. The summed E-state index contributed by atoms with van der Waals surface area (Å²) >= 11 is 3.44. The molecule has 0 aliphatic rings. The second kappa shape index (κ2) is 5.60. The molecule has 0 atom stereocenters. The van der Waals surface area contributed by atoms with Crippen LogP contribution in [0.15, 0.2) is 5.38 Å². The van der Waals surface area contributed by atoms with Gasteiger partial charge in [-0.1, -0.05) is 13.8 Å². The summed E-state index contributed by atoms with van der Waals surface area (Å²) in [5, 5.41) is 7.56. The van der Waals surface area contributed by atoms with Crippen molar-refractivity contribution in [1.82, 2.24) is 9.97 Å². The highest BCUT2D eigenvalue weighted by Gasteiger charge is 2.13. The topological polar surface area (TPSA) is 37.8 Å². The van der Waals surface area contributed by atoms with E-state index >= 15 is 0 Å². The van der Waals surface area contributed by atoms with Crippen molar-refractivity contribution in [1.29, 1.82) is 0 Å². The Morgan fingerprint density at radius 2 is 2.00 bits per heavy atom. The van der Waals surface area contributed by atoms with E-state index < -0.39 is 0 Å². The van der Waals surface area contributed by atoms with Crippen LogP contribution in [0.4, 0.5) is 5.13 Å². The lowest BCUT2D eigenvalue weighted by Crippen LogP contribution is -1.95. The smallest absolute Gasteiger partial charge is 0.183 e. The molecule has 0 aromatic carbocycles. The summed E-state index contributed by atoms with van der Waals surface area (Å²) in [4.78, 5) is 10.5. The molecule has 0 aliphatic carbocycles. The Morgan fingerprint density at radius 1 is 1.18 bits per heavy atom. The number of hydrogen-bond donors (Lipinski definition) is 1. The van der Waals surface area contributed by atoms with Crippen LogP contribution < -0.4 is 5.32 Å². The fourth-order valence-electron chi connectivity index (χ4n) is 1.60. The molecule has 0 amide bonds. The molecule has 1 N–H and O–H groups in total. The van der Waals surface area contributed by atoms with Gasteiger partial charge in [0.15, 0.2) is 5.13 Å². The molecule has 17 heavy (non-hydrogen) atoms. The standard InChI is InChI=1S/C12H17N3S2/c1-4-8-11(17-10(5-2)14-8)9-7-16-12(15-9)13-6-3/h7H,4-6H2,1-3H3,(H,13,15). The third-order valence-electron chi connectivity index (χ3n) is 2.44. The van der Waals surface area contributed by atoms with Gasteiger partial charge >= 0.3 is 0 Å². The van der Waals surface area contributed by atoms with Crippen LogP contribution in [-0.4, -0.2) is 16.5 Å². The molecule has 5 heteroatoms. The van der Waals surface area contributed by atoms with Gasteiger partial charge in [0, 0.05) is 11.9 Å². The van der Waals surface area contributed by atoms with E-state index in [1.165, 1.54) is 15.6 Å². The van der Waals surface area contributed by atoms with Crippen LogP contribution >= 0.6 is 22.7 Å². The first-order chi connectivity index (χ1) is 8.28. The van der Waals surface area contributed by atoms with Crippen LogP contribution in [0, 0.1) is 0 Å². The molecule has 92 valence electrons. The molecule has 2 rings (SSSR count). The zero-order valence-electron chi connectivity index (χ0n) is 10.4. The molecule has 2 aromatic heterocycles. The first kappa shape index (κ1) is 12.5. The molecule has 0 aliphatic heterocycles. The first-order valence-electron chi connectivity index (χ1n) is 5.96. The van der Waals surface area contributed by atoms with Gasteiger partial charge in [0.05, 0.1) is 21.3 Å². The Hall–Kier alpha value is -0.940. The van der Waals surface area contributed by atoms with Crippen molar-refractivity contribution in [2.45, 2.75) is 33.6 Å². The van der Waals surface area contributed by atoms with E-state index in [1.807, 2.05) is 0 Å². The van der Waals surface area contributed by atoms with Gasteiger partial charge in [-0.3, -0.25) is 0 Å². The molecule has 0 fully saturated rings. The number of aromatic nitrogens is 2. The summed E-state index contributed by atoms with van der Waals surface area (Å²) in [6, 6.07) is 0. The van der Waals surface area contributed by atoms with Gasteiger partial charge in [-0.15, -0.1) is 22.7 Å². The maximum atomic E-state index is 4.64. The molecule has 0 spiro atoms. The lowest BCUT2D eigenvalue weighted by Gasteiger charge is -1.95. The van der Waals surface area contributed by atoms with Crippen LogP contribution in [0.2, 0.25) is 0 Å². The van der Waals surface area contributed by atoms with Gasteiger partial charge in [-0.05, 0) is 19.8 Å². The molecule has 2 heterocycles. The van der Waals surface area contributed by atoms with Gasteiger partial charge in [-0.25, -0.2) is 9.97 Å². The lowest BCUT2D eigenvalue weighted by molar-refractivity contribution is 1.00. The van der Waals surface area contributed by atoms with Gasteiger partial charge in [-0.2, -0.15) is 0 Å². The molecular weight excluding hydrogens is 250 g/mol. The maximum Gasteiger partial charge on any atom is 0.183 e. The highest BCUT2D eigenvalue weighted by molar-refractivity contribution is 7.16. The van der Waals surface area contributed by atoms with E-state index in [9.17, 15) is 0 Å². The van der Waals surface area contributed by atoms with Gasteiger partial charge in [0.1, 0.15) is 0 Å². The van der Waals surface area contributed by atoms with Crippen LogP contribution in [0.3, 0.4) is 0 Å². The van der Waals surface area contributed by atoms with E-state index in [1.54, 1.807) is 22.7 Å². The average Bonchev–Trinajstić information content (AvgIpc) is 2.94. The SMILES string of the molecule is CCNc1nc(-c2sc(CC)nc2CC)cs1. The monoisotopic (exact) mass is 267 g/mol. The van der Waals surface area contributed by atoms with Crippen LogP contribution in [-0.2, 0) is 12.8 Å². The Kier molecular flexibility index (Phi) is 4.12.